The number of halogens is 6. The Kier molecular flexibility index (Phi) is 7.91. The van der Waals surface area contributed by atoms with Gasteiger partial charge in [0.15, 0.2) is 17.4 Å². The predicted octanol–water partition coefficient (Wildman–Crippen LogP) is 4.93. The second-order valence-corrected chi connectivity index (χ2v) is 10.2. The van der Waals surface area contributed by atoms with Gasteiger partial charge in [0.05, 0.1) is 23.9 Å². The van der Waals surface area contributed by atoms with Crippen molar-refractivity contribution in [2.45, 2.75) is 25.6 Å². The zero-order chi connectivity index (χ0) is 28.6. The van der Waals surface area contributed by atoms with Crippen molar-refractivity contribution in [3.63, 3.8) is 0 Å². The van der Waals surface area contributed by atoms with Crippen LogP contribution in [0.25, 0.3) is 5.82 Å². The van der Waals surface area contributed by atoms with Crippen molar-refractivity contribution < 1.29 is 27.5 Å². The molecule has 0 aliphatic carbocycles. The van der Waals surface area contributed by atoms with E-state index in [9.17, 15) is 22.8 Å². The molecule has 1 aliphatic heterocycles. The number of Topliss-reactive ketones (excluding diaryl/α,β-unsaturated/α-hetero) is 2. The third-order valence-corrected chi connectivity index (χ3v) is 6.82. The van der Waals surface area contributed by atoms with Crippen molar-refractivity contribution in [1.29, 1.82) is 0 Å². The number of ketones is 2. The molecule has 0 bridgehead atoms. The number of hydrogen-bond acceptors (Lipinski definition) is 8. The van der Waals surface area contributed by atoms with E-state index in [1.807, 2.05) is 0 Å². The minimum Gasteiger partial charge on any atom is -0.381 e. The molecular formula is C24H17Cl3F3N7O3. The maximum atomic E-state index is 13.7. The van der Waals surface area contributed by atoms with Gasteiger partial charge in [-0.1, -0.05) is 34.8 Å². The fourth-order valence-corrected chi connectivity index (χ4v) is 4.79. The molecule has 0 saturated carbocycles. The lowest BCUT2D eigenvalue weighted by Gasteiger charge is -2.25. The summed E-state index contributed by atoms with van der Waals surface area (Å²) >= 11 is 18.9. The summed E-state index contributed by atoms with van der Waals surface area (Å²) < 4.78 is 45.0. The van der Waals surface area contributed by atoms with Crippen molar-refractivity contribution in [2.24, 2.45) is 5.92 Å². The molecule has 0 unspecified atom stereocenters. The smallest absolute Gasteiger partial charge is 0.381 e. The van der Waals surface area contributed by atoms with Crippen LogP contribution in [0.5, 0.6) is 0 Å². The lowest BCUT2D eigenvalue weighted by atomic mass is 9.92. The summed E-state index contributed by atoms with van der Waals surface area (Å²) in [5, 5.41) is 14.6. The van der Waals surface area contributed by atoms with Gasteiger partial charge in [-0.25, -0.2) is 9.67 Å². The van der Waals surface area contributed by atoms with E-state index in [0.29, 0.717) is 18.0 Å². The first-order valence-electron chi connectivity index (χ1n) is 11.7. The van der Waals surface area contributed by atoms with Gasteiger partial charge in [-0.15, -0.1) is 10.2 Å². The Hall–Kier alpha value is -3.39. The minimum atomic E-state index is -4.78. The highest BCUT2D eigenvalue weighted by atomic mass is 35.5. The fourth-order valence-electron chi connectivity index (χ4n) is 4.03. The molecule has 0 N–H and O–H groups in total. The van der Waals surface area contributed by atoms with Gasteiger partial charge in [-0.05, 0) is 41.1 Å². The molecule has 4 heterocycles. The number of hydrogen-bond donors (Lipinski definition) is 0. The van der Waals surface area contributed by atoms with Crippen LogP contribution in [0, 0.1) is 5.92 Å². The molecule has 16 heteroatoms. The molecule has 0 amide bonds. The number of pyridine rings is 1. The zero-order valence-electron chi connectivity index (χ0n) is 20.2. The second kappa shape index (κ2) is 11.2. The van der Waals surface area contributed by atoms with Gasteiger partial charge in [0.1, 0.15) is 12.2 Å². The molecule has 40 heavy (non-hydrogen) atoms. The van der Waals surface area contributed by atoms with Crippen molar-refractivity contribution >= 4 is 46.4 Å². The highest BCUT2D eigenvalue weighted by molar-refractivity contribution is 6.36. The van der Waals surface area contributed by atoms with Crippen LogP contribution in [0.2, 0.25) is 15.1 Å². The lowest BCUT2D eigenvalue weighted by Crippen LogP contribution is -2.30. The summed E-state index contributed by atoms with van der Waals surface area (Å²) in [5.41, 5.74) is 0.602. The van der Waals surface area contributed by atoms with E-state index in [1.165, 1.54) is 35.1 Å². The van der Waals surface area contributed by atoms with Gasteiger partial charge in [0, 0.05) is 40.6 Å². The van der Waals surface area contributed by atoms with Gasteiger partial charge in [-0.2, -0.15) is 23.1 Å². The Morgan fingerprint density at radius 3 is 2.48 bits per heavy atom. The van der Waals surface area contributed by atoms with Crippen LogP contribution in [-0.2, 0) is 23.9 Å². The minimum absolute atomic E-state index is 0.0106. The Labute approximate surface area is 239 Å². The Bertz CT molecular complexity index is 1600. The van der Waals surface area contributed by atoms with Crippen LogP contribution in [0.1, 0.15) is 44.3 Å². The topological polar surface area (TPSA) is 118 Å². The van der Waals surface area contributed by atoms with E-state index in [2.05, 4.69) is 25.5 Å². The van der Waals surface area contributed by atoms with Crippen LogP contribution < -0.4 is 0 Å². The van der Waals surface area contributed by atoms with Crippen LogP contribution in [0.15, 0.2) is 36.5 Å². The molecule has 0 radical (unpaired) electrons. The third kappa shape index (κ3) is 6.02. The summed E-state index contributed by atoms with van der Waals surface area (Å²) in [6, 6.07) is 7.35. The molecular weight excluding hydrogens is 598 g/mol. The molecule has 1 aliphatic rings. The van der Waals surface area contributed by atoms with Gasteiger partial charge in [0.25, 0.3) is 5.82 Å². The molecule has 4 aromatic rings. The quantitative estimate of drug-likeness (QED) is 0.244. The van der Waals surface area contributed by atoms with E-state index in [1.54, 1.807) is 6.07 Å². The van der Waals surface area contributed by atoms with Crippen LogP contribution in [0.4, 0.5) is 13.2 Å². The number of carbonyl (C=O) groups is 2. The van der Waals surface area contributed by atoms with E-state index in [-0.39, 0.29) is 74.5 Å². The third-order valence-electron chi connectivity index (χ3n) is 5.97. The average Bonchev–Trinajstić information content (AvgIpc) is 3.51. The number of aromatic nitrogens is 7. The molecule has 208 valence electrons. The maximum Gasteiger partial charge on any atom is 0.455 e. The standard InChI is InChI=1S/C24H17Cl3F3N7O3/c25-13-5-16(20(38)4-12-10-40-11-12)15(18(27)6-13)8-21(39)19-7-14(9-36-34-23(32-35-36)24(28,29)30)33-37(19)22-17(26)2-1-3-31-22/h1-3,5-7,12H,4,8-11H2. The number of tetrazole rings is 1. The van der Waals surface area contributed by atoms with Crippen LogP contribution >= 0.6 is 34.8 Å². The van der Waals surface area contributed by atoms with E-state index < -0.39 is 17.8 Å². The number of benzene rings is 1. The Morgan fingerprint density at radius 1 is 1.05 bits per heavy atom. The maximum absolute atomic E-state index is 13.7. The monoisotopic (exact) mass is 613 g/mol. The summed E-state index contributed by atoms with van der Waals surface area (Å²) in [7, 11) is 0. The highest BCUT2D eigenvalue weighted by Crippen LogP contribution is 2.30. The van der Waals surface area contributed by atoms with Gasteiger partial charge < -0.3 is 4.74 Å². The van der Waals surface area contributed by atoms with Crippen molar-refractivity contribution in [3.8, 4) is 5.82 Å². The Balaban J connectivity index is 1.50. The van der Waals surface area contributed by atoms with Crippen molar-refractivity contribution in [2.75, 3.05) is 13.2 Å². The summed E-state index contributed by atoms with van der Waals surface area (Å²) in [6.45, 7) is 0.591. The predicted molar refractivity (Wildman–Crippen MR) is 136 cm³/mol. The number of carbonyl (C=O) groups excluding carboxylic acids is 2. The number of alkyl halides is 3. The lowest BCUT2D eigenvalue weighted by molar-refractivity contribution is -0.145. The highest BCUT2D eigenvalue weighted by Gasteiger charge is 2.37. The van der Waals surface area contributed by atoms with Gasteiger partial charge in [-0.3, -0.25) is 9.59 Å². The van der Waals surface area contributed by atoms with Crippen LogP contribution in [-0.4, -0.2) is 59.8 Å². The van der Waals surface area contributed by atoms with Crippen molar-refractivity contribution in [3.05, 3.63) is 79.9 Å². The summed E-state index contributed by atoms with van der Waals surface area (Å²) in [5.74, 6) is -2.01. The first-order valence-corrected chi connectivity index (χ1v) is 12.8. The molecule has 0 spiro atoms. The van der Waals surface area contributed by atoms with E-state index in [4.69, 9.17) is 39.5 Å². The number of rotatable bonds is 9. The molecule has 10 nitrogen and oxygen atoms in total. The fraction of sp³-hybridized carbons (Fsp3) is 0.292. The largest absolute Gasteiger partial charge is 0.455 e. The second-order valence-electron chi connectivity index (χ2n) is 8.93. The van der Waals surface area contributed by atoms with E-state index in [0.717, 1.165) is 0 Å². The SMILES string of the molecule is O=C(CC1COC1)c1cc(Cl)cc(Cl)c1CC(=O)c1cc(Cn2nnc(C(F)(F)F)n2)nn1-c1ncccc1Cl. The first-order chi connectivity index (χ1) is 19.0. The number of ether oxygens (including phenoxy) is 1. The summed E-state index contributed by atoms with van der Waals surface area (Å²) in [4.78, 5) is 31.6. The van der Waals surface area contributed by atoms with Gasteiger partial charge in [0.2, 0.25) is 0 Å². The molecule has 3 aromatic heterocycles. The normalized spacial score (nSPS) is 13.8. The molecule has 1 saturated heterocycles. The Morgan fingerprint density at radius 2 is 1.82 bits per heavy atom. The molecule has 0 atom stereocenters. The molecule has 1 aromatic carbocycles. The van der Waals surface area contributed by atoms with E-state index >= 15 is 0 Å². The molecule has 5 rings (SSSR count). The van der Waals surface area contributed by atoms with Crippen LogP contribution in [0.3, 0.4) is 0 Å². The first kappa shape index (κ1) is 28.1. The molecule has 1 fully saturated rings. The number of nitrogens with zero attached hydrogens (tertiary/aromatic N) is 7. The summed E-state index contributed by atoms with van der Waals surface area (Å²) in [6.07, 6.45) is -3.46. The van der Waals surface area contributed by atoms with Gasteiger partial charge >= 0.3 is 6.18 Å². The average molecular weight is 615 g/mol. The van der Waals surface area contributed by atoms with Crippen molar-refractivity contribution in [1.82, 2.24) is 35.0 Å². The zero-order valence-corrected chi connectivity index (χ0v) is 22.5.